The van der Waals surface area contributed by atoms with Crippen LogP contribution in [0, 0.1) is 35.3 Å². The standard InChI is InChI=1S/C34H40F2/c1-3-5-7-9-11-13-15-19-29-23-25-31(33(35)27-29)21-17-18-22-32-26-24-30(28-34(32)36)20-16-14-12-10-8-6-4-2/h15-16,19-20,23-28H,3-14H2,1-2H3/b19-15+,20-16+. The van der Waals surface area contributed by atoms with Crippen molar-refractivity contribution in [2.45, 2.75) is 90.9 Å². The quantitative estimate of drug-likeness (QED) is 0.184. The Morgan fingerprint density at radius 3 is 1.39 bits per heavy atom. The molecule has 2 rings (SSSR count). The zero-order chi connectivity index (χ0) is 25.8. The molecule has 0 unspecified atom stereocenters. The van der Waals surface area contributed by atoms with E-state index >= 15 is 0 Å². The molecule has 0 amide bonds. The van der Waals surface area contributed by atoms with Gasteiger partial charge in [0.1, 0.15) is 11.6 Å². The molecule has 190 valence electrons. The molecule has 0 N–H and O–H groups in total. The van der Waals surface area contributed by atoms with Crippen LogP contribution in [-0.2, 0) is 0 Å². The molecule has 0 aromatic heterocycles. The number of hydrogen-bond acceptors (Lipinski definition) is 0. The van der Waals surface area contributed by atoms with Gasteiger partial charge in [0.25, 0.3) is 0 Å². The van der Waals surface area contributed by atoms with Crippen molar-refractivity contribution in [2.24, 2.45) is 0 Å². The van der Waals surface area contributed by atoms with E-state index in [-0.39, 0.29) is 22.8 Å². The first kappa shape index (κ1) is 29.1. The monoisotopic (exact) mass is 486 g/mol. The third-order valence-corrected chi connectivity index (χ3v) is 6.01. The third kappa shape index (κ3) is 12.0. The lowest BCUT2D eigenvalue weighted by atomic mass is 10.1. The van der Waals surface area contributed by atoms with Gasteiger partial charge >= 0.3 is 0 Å². The normalized spacial score (nSPS) is 10.9. The van der Waals surface area contributed by atoms with Crippen molar-refractivity contribution in [3.05, 3.63) is 82.4 Å². The summed E-state index contributed by atoms with van der Waals surface area (Å²) in [5.74, 6) is 10.0. The Labute approximate surface area is 217 Å². The number of allylic oxidation sites excluding steroid dienone is 2. The van der Waals surface area contributed by atoms with E-state index in [9.17, 15) is 8.78 Å². The summed E-state index contributed by atoms with van der Waals surface area (Å²) < 4.78 is 28.8. The lowest BCUT2D eigenvalue weighted by Crippen LogP contribution is -1.85. The summed E-state index contributed by atoms with van der Waals surface area (Å²) in [5.41, 5.74) is 2.23. The molecule has 0 spiro atoms. The van der Waals surface area contributed by atoms with Gasteiger partial charge in [0.2, 0.25) is 0 Å². The second-order valence-corrected chi connectivity index (χ2v) is 9.19. The maximum Gasteiger partial charge on any atom is 0.139 e. The minimum atomic E-state index is -0.373. The summed E-state index contributed by atoms with van der Waals surface area (Å²) in [4.78, 5) is 0. The summed E-state index contributed by atoms with van der Waals surface area (Å²) >= 11 is 0. The van der Waals surface area contributed by atoms with Crippen LogP contribution in [0.15, 0.2) is 48.6 Å². The van der Waals surface area contributed by atoms with Gasteiger partial charge in [-0.2, -0.15) is 0 Å². The summed E-state index contributed by atoms with van der Waals surface area (Å²) in [6, 6.07) is 10.0. The third-order valence-electron chi connectivity index (χ3n) is 6.01. The Balaban J connectivity index is 1.86. The van der Waals surface area contributed by atoms with E-state index in [1.165, 1.54) is 76.3 Å². The molecule has 0 aliphatic heterocycles. The van der Waals surface area contributed by atoms with Crippen LogP contribution in [0.3, 0.4) is 0 Å². The Morgan fingerprint density at radius 2 is 1.00 bits per heavy atom. The van der Waals surface area contributed by atoms with Gasteiger partial charge in [-0.05, 0) is 84.8 Å². The Morgan fingerprint density at radius 1 is 0.583 bits per heavy atom. The Kier molecular flexibility index (Phi) is 14.7. The molecule has 0 aliphatic carbocycles. The molecule has 0 radical (unpaired) electrons. The van der Waals surface area contributed by atoms with Crippen molar-refractivity contribution in [1.29, 1.82) is 0 Å². The maximum atomic E-state index is 14.4. The smallest absolute Gasteiger partial charge is 0.139 e. The molecule has 0 nitrogen and oxygen atoms in total. The second-order valence-electron chi connectivity index (χ2n) is 9.19. The average Bonchev–Trinajstić information content (AvgIpc) is 2.87. The highest BCUT2D eigenvalue weighted by Gasteiger charge is 2.00. The zero-order valence-electron chi connectivity index (χ0n) is 22.0. The highest BCUT2D eigenvalue weighted by Crippen LogP contribution is 2.14. The molecular formula is C34H40F2. The van der Waals surface area contributed by atoms with Crippen LogP contribution < -0.4 is 0 Å². The summed E-state index contributed by atoms with van der Waals surface area (Å²) in [6.07, 6.45) is 22.6. The van der Waals surface area contributed by atoms with Crippen LogP contribution in [0.25, 0.3) is 12.2 Å². The fraction of sp³-hybridized carbons (Fsp3) is 0.412. The van der Waals surface area contributed by atoms with Crippen molar-refractivity contribution < 1.29 is 8.78 Å². The van der Waals surface area contributed by atoms with Crippen LogP contribution in [0.4, 0.5) is 8.78 Å². The highest BCUT2D eigenvalue weighted by molar-refractivity contribution is 5.54. The van der Waals surface area contributed by atoms with Crippen molar-refractivity contribution in [3.63, 3.8) is 0 Å². The SMILES string of the molecule is CCCCCCC/C=C/c1ccc(C#CC#Cc2ccc(/C=C/CCCCCCC)cc2F)c(F)c1. The van der Waals surface area contributed by atoms with Crippen LogP contribution in [-0.4, -0.2) is 0 Å². The van der Waals surface area contributed by atoms with Crippen LogP contribution in [0.1, 0.15) is 113 Å². The van der Waals surface area contributed by atoms with E-state index in [1.807, 2.05) is 24.3 Å². The van der Waals surface area contributed by atoms with Crippen LogP contribution in [0.2, 0.25) is 0 Å². The Bertz CT molecular complexity index is 1010. The van der Waals surface area contributed by atoms with Gasteiger partial charge in [-0.15, -0.1) is 0 Å². The van der Waals surface area contributed by atoms with E-state index in [4.69, 9.17) is 0 Å². The lowest BCUT2D eigenvalue weighted by molar-refractivity contribution is 0.623. The van der Waals surface area contributed by atoms with Gasteiger partial charge in [0.05, 0.1) is 11.1 Å². The predicted octanol–water partition coefficient (Wildman–Crippen LogP) is 10.1. The van der Waals surface area contributed by atoms with Gasteiger partial charge < -0.3 is 0 Å². The van der Waals surface area contributed by atoms with E-state index in [2.05, 4.69) is 49.7 Å². The first-order valence-electron chi connectivity index (χ1n) is 13.6. The molecule has 0 saturated heterocycles. The molecule has 2 aromatic carbocycles. The first-order valence-corrected chi connectivity index (χ1v) is 13.6. The first-order chi connectivity index (χ1) is 17.6. The van der Waals surface area contributed by atoms with E-state index in [1.54, 1.807) is 12.1 Å². The minimum Gasteiger partial charge on any atom is -0.206 e. The van der Waals surface area contributed by atoms with E-state index < -0.39 is 0 Å². The van der Waals surface area contributed by atoms with E-state index in [0.717, 1.165) is 24.0 Å². The van der Waals surface area contributed by atoms with Crippen LogP contribution in [0.5, 0.6) is 0 Å². The van der Waals surface area contributed by atoms with Crippen molar-refractivity contribution in [3.8, 4) is 23.7 Å². The van der Waals surface area contributed by atoms with Crippen molar-refractivity contribution in [2.75, 3.05) is 0 Å². The fourth-order valence-corrected chi connectivity index (χ4v) is 3.84. The number of unbranched alkanes of at least 4 members (excludes halogenated alkanes) is 10. The second kappa shape index (κ2) is 18.2. The number of hydrogen-bond donors (Lipinski definition) is 0. The number of benzene rings is 2. The maximum absolute atomic E-state index is 14.4. The largest absolute Gasteiger partial charge is 0.206 e. The lowest BCUT2D eigenvalue weighted by Gasteiger charge is -1.99. The molecule has 2 aromatic rings. The molecular weight excluding hydrogens is 446 g/mol. The van der Waals surface area contributed by atoms with E-state index in [0.29, 0.717) is 0 Å². The predicted molar refractivity (Wildman–Crippen MR) is 151 cm³/mol. The number of halogens is 2. The molecule has 0 bridgehead atoms. The molecule has 0 heterocycles. The Hall–Kier alpha value is -3.10. The average molecular weight is 487 g/mol. The molecule has 2 heteroatoms. The van der Waals surface area contributed by atoms with Gasteiger partial charge in [0.15, 0.2) is 0 Å². The molecule has 0 saturated carbocycles. The van der Waals surface area contributed by atoms with Crippen molar-refractivity contribution >= 4 is 12.2 Å². The molecule has 0 fully saturated rings. The summed E-state index contributed by atoms with van der Waals surface area (Å²) in [7, 11) is 0. The molecule has 0 atom stereocenters. The zero-order valence-corrected chi connectivity index (χ0v) is 22.0. The molecule has 36 heavy (non-hydrogen) atoms. The number of rotatable bonds is 14. The summed E-state index contributed by atoms with van der Waals surface area (Å²) in [6.45, 7) is 4.42. The van der Waals surface area contributed by atoms with Gasteiger partial charge in [0, 0.05) is 0 Å². The molecule has 0 aliphatic rings. The minimum absolute atomic E-state index is 0.289. The van der Waals surface area contributed by atoms with Gasteiger partial charge in [-0.3, -0.25) is 0 Å². The van der Waals surface area contributed by atoms with Crippen molar-refractivity contribution in [1.82, 2.24) is 0 Å². The van der Waals surface area contributed by atoms with Gasteiger partial charge in [-0.25, -0.2) is 8.78 Å². The highest BCUT2D eigenvalue weighted by atomic mass is 19.1. The van der Waals surface area contributed by atoms with Gasteiger partial charge in [-0.1, -0.05) is 102 Å². The fourth-order valence-electron chi connectivity index (χ4n) is 3.84. The summed E-state index contributed by atoms with van der Waals surface area (Å²) in [5, 5.41) is 0. The van der Waals surface area contributed by atoms with Crippen LogP contribution >= 0.6 is 0 Å². The topological polar surface area (TPSA) is 0 Å².